The Hall–Kier alpha value is -3.20. The van der Waals surface area contributed by atoms with Crippen LogP contribution in [0, 0.1) is 0 Å². The fourth-order valence-corrected chi connectivity index (χ4v) is 2.83. The zero-order chi connectivity index (χ0) is 19.4. The number of hydrogen-bond donors (Lipinski definition) is 3. The van der Waals surface area contributed by atoms with Crippen molar-refractivity contribution in [2.24, 2.45) is 0 Å². The number of carbonyl (C=O) groups is 2. The Kier molecular flexibility index (Phi) is 5.51. The molecule has 0 saturated heterocycles. The van der Waals surface area contributed by atoms with Gasteiger partial charge in [-0.15, -0.1) is 0 Å². The van der Waals surface area contributed by atoms with E-state index in [-0.39, 0.29) is 24.3 Å². The number of carbonyl (C=O) groups excluding carboxylic acids is 2. The van der Waals surface area contributed by atoms with Gasteiger partial charge in [-0.3, -0.25) is 14.9 Å². The standard InChI is InChI=1S/C18H20N4O5/c1-3-22(10-14(23)21-18(25)26-4-2)9-13-19-15-11-7-5-6-8-12(11)27-16(15)17(24)20-13/h5-8H,3-4,9-10H2,1-2H3,(H,19,20,24)(H,21,23,25)/p+1. The van der Waals surface area contributed by atoms with Gasteiger partial charge in [0.25, 0.3) is 11.5 Å². The summed E-state index contributed by atoms with van der Waals surface area (Å²) < 4.78 is 10.3. The topological polar surface area (TPSA) is 119 Å². The van der Waals surface area contributed by atoms with Gasteiger partial charge in [0.2, 0.25) is 5.58 Å². The lowest BCUT2D eigenvalue weighted by atomic mass is 10.2. The van der Waals surface area contributed by atoms with E-state index in [2.05, 4.69) is 15.3 Å². The number of amides is 2. The largest absolute Gasteiger partial charge is 0.450 e. The van der Waals surface area contributed by atoms with E-state index in [1.807, 2.05) is 25.1 Å². The van der Waals surface area contributed by atoms with Crippen molar-refractivity contribution in [2.75, 3.05) is 19.7 Å². The quantitative estimate of drug-likeness (QED) is 0.574. The number of hydrogen-bond acceptors (Lipinski definition) is 6. The monoisotopic (exact) mass is 373 g/mol. The molecule has 0 aliphatic carbocycles. The summed E-state index contributed by atoms with van der Waals surface area (Å²) >= 11 is 0. The highest BCUT2D eigenvalue weighted by atomic mass is 16.5. The first-order valence-electron chi connectivity index (χ1n) is 8.72. The molecule has 0 fully saturated rings. The number of H-pyrrole nitrogens is 1. The van der Waals surface area contributed by atoms with Crippen molar-refractivity contribution in [3.8, 4) is 0 Å². The molecule has 2 amide bonds. The Morgan fingerprint density at radius 3 is 2.81 bits per heavy atom. The first-order valence-corrected chi connectivity index (χ1v) is 8.72. The second-order valence-corrected chi connectivity index (χ2v) is 6.01. The Balaban J connectivity index is 1.80. The van der Waals surface area contributed by atoms with Crippen LogP contribution in [-0.2, 0) is 16.1 Å². The Morgan fingerprint density at radius 1 is 1.30 bits per heavy atom. The van der Waals surface area contributed by atoms with Gasteiger partial charge in [0, 0.05) is 5.39 Å². The zero-order valence-electron chi connectivity index (χ0n) is 15.1. The molecule has 3 N–H and O–H groups in total. The third-order valence-corrected chi connectivity index (χ3v) is 4.13. The van der Waals surface area contributed by atoms with E-state index < -0.39 is 12.0 Å². The third kappa shape index (κ3) is 4.14. The van der Waals surface area contributed by atoms with Crippen LogP contribution in [0.5, 0.6) is 0 Å². The van der Waals surface area contributed by atoms with Crippen LogP contribution < -0.4 is 15.8 Å². The van der Waals surface area contributed by atoms with Gasteiger partial charge in [-0.1, -0.05) is 12.1 Å². The van der Waals surface area contributed by atoms with Crippen LogP contribution in [0.2, 0.25) is 0 Å². The molecule has 27 heavy (non-hydrogen) atoms. The summed E-state index contributed by atoms with van der Waals surface area (Å²) in [5.74, 6) is -0.0117. The Labute approximate surface area is 154 Å². The predicted molar refractivity (Wildman–Crippen MR) is 97.4 cm³/mol. The summed E-state index contributed by atoms with van der Waals surface area (Å²) in [6.07, 6.45) is -0.768. The zero-order valence-corrected chi connectivity index (χ0v) is 15.1. The van der Waals surface area contributed by atoms with Crippen molar-refractivity contribution in [3.63, 3.8) is 0 Å². The molecule has 142 valence electrons. The van der Waals surface area contributed by atoms with E-state index in [4.69, 9.17) is 9.15 Å². The molecule has 2 heterocycles. The minimum atomic E-state index is -0.768. The highest BCUT2D eigenvalue weighted by molar-refractivity contribution is 6.01. The molecule has 3 aromatic rings. The molecule has 3 rings (SSSR count). The molecule has 1 unspecified atom stereocenters. The summed E-state index contributed by atoms with van der Waals surface area (Å²) in [6, 6.07) is 7.29. The first kappa shape index (κ1) is 18.6. The average molecular weight is 373 g/mol. The second-order valence-electron chi connectivity index (χ2n) is 6.01. The molecular formula is C18H21N4O5+. The second kappa shape index (κ2) is 8.00. The van der Waals surface area contributed by atoms with Crippen LogP contribution in [0.15, 0.2) is 33.5 Å². The molecule has 0 radical (unpaired) electrons. The molecule has 2 aromatic heterocycles. The van der Waals surface area contributed by atoms with Crippen molar-refractivity contribution < 1.29 is 23.6 Å². The number of imide groups is 1. The number of aromatic nitrogens is 2. The number of alkyl carbamates (subject to hydrolysis) is 1. The molecule has 9 nitrogen and oxygen atoms in total. The summed E-state index contributed by atoms with van der Waals surface area (Å²) in [6.45, 7) is 4.71. The smallest absolute Gasteiger partial charge is 0.414 e. The van der Waals surface area contributed by atoms with Crippen molar-refractivity contribution in [1.29, 1.82) is 0 Å². The molecular weight excluding hydrogens is 352 g/mol. The minimum absolute atomic E-state index is 0.0448. The lowest BCUT2D eigenvalue weighted by molar-refractivity contribution is -0.904. The number of rotatable bonds is 6. The van der Waals surface area contributed by atoms with Crippen molar-refractivity contribution in [1.82, 2.24) is 15.3 Å². The van der Waals surface area contributed by atoms with Gasteiger partial charge in [-0.25, -0.2) is 9.78 Å². The van der Waals surface area contributed by atoms with E-state index in [1.54, 1.807) is 13.0 Å². The maximum atomic E-state index is 12.3. The molecule has 0 saturated carbocycles. The van der Waals surface area contributed by atoms with Gasteiger partial charge < -0.3 is 19.0 Å². The molecule has 0 spiro atoms. The van der Waals surface area contributed by atoms with Gasteiger partial charge >= 0.3 is 6.09 Å². The maximum Gasteiger partial charge on any atom is 0.414 e. The maximum absolute atomic E-state index is 12.3. The van der Waals surface area contributed by atoms with Gasteiger partial charge in [0.1, 0.15) is 17.6 Å². The summed E-state index contributed by atoms with van der Waals surface area (Å²) in [5.41, 5.74) is 0.905. The molecule has 0 bridgehead atoms. The van der Waals surface area contributed by atoms with Crippen LogP contribution in [-0.4, -0.2) is 41.7 Å². The number of ether oxygens (including phenoxy) is 1. The molecule has 9 heteroatoms. The van der Waals surface area contributed by atoms with Crippen LogP contribution >= 0.6 is 0 Å². The van der Waals surface area contributed by atoms with Crippen molar-refractivity contribution in [3.05, 3.63) is 40.4 Å². The minimum Gasteiger partial charge on any atom is -0.450 e. The van der Waals surface area contributed by atoms with E-state index >= 15 is 0 Å². The third-order valence-electron chi connectivity index (χ3n) is 4.13. The molecule has 1 aromatic carbocycles. The SMILES string of the molecule is CCOC(=O)NC(=O)C[NH+](CC)Cc1nc2c(oc3ccccc32)c(=O)[nH]1. The van der Waals surface area contributed by atoms with E-state index in [1.165, 1.54) is 0 Å². The van der Waals surface area contributed by atoms with E-state index in [9.17, 15) is 14.4 Å². The highest BCUT2D eigenvalue weighted by Gasteiger charge is 2.19. The number of para-hydroxylation sites is 1. The number of fused-ring (bicyclic) bond motifs is 3. The summed E-state index contributed by atoms with van der Waals surface area (Å²) in [4.78, 5) is 43.7. The number of quaternary nitrogens is 1. The van der Waals surface area contributed by atoms with Crippen LogP contribution in [0.25, 0.3) is 22.1 Å². The molecule has 0 aliphatic heterocycles. The van der Waals surface area contributed by atoms with Crippen LogP contribution in [0.1, 0.15) is 19.7 Å². The predicted octanol–water partition coefficient (Wildman–Crippen LogP) is 0.347. The lowest BCUT2D eigenvalue weighted by Gasteiger charge is -2.16. The number of nitrogens with zero attached hydrogens (tertiary/aromatic N) is 1. The van der Waals surface area contributed by atoms with Crippen LogP contribution in [0.4, 0.5) is 4.79 Å². The normalized spacial score (nSPS) is 12.2. The van der Waals surface area contributed by atoms with Crippen molar-refractivity contribution >= 4 is 34.1 Å². The number of aromatic amines is 1. The van der Waals surface area contributed by atoms with Gasteiger partial charge in [0.05, 0.1) is 13.2 Å². The lowest BCUT2D eigenvalue weighted by Crippen LogP contribution is -3.11. The average Bonchev–Trinajstić information content (AvgIpc) is 3.00. The van der Waals surface area contributed by atoms with Crippen molar-refractivity contribution in [2.45, 2.75) is 20.4 Å². The molecule has 1 atom stereocenters. The van der Waals surface area contributed by atoms with Crippen LogP contribution in [0.3, 0.4) is 0 Å². The van der Waals surface area contributed by atoms with Gasteiger partial charge in [-0.2, -0.15) is 0 Å². The summed E-state index contributed by atoms with van der Waals surface area (Å²) in [5, 5.41) is 2.93. The van der Waals surface area contributed by atoms with Gasteiger partial charge in [0.15, 0.2) is 12.4 Å². The highest BCUT2D eigenvalue weighted by Crippen LogP contribution is 2.24. The van der Waals surface area contributed by atoms with E-state index in [0.717, 1.165) is 10.3 Å². The molecule has 0 aliphatic rings. The Morgan fingerprint density at radius 2 is 2.07 bits per heavy atom. The summed E-state index contributed by atoms with van der Waals surface area (Å²) in [7, 11) is 0. The first-order chi connectivity index (χ1) is 13.0. The fourth-order valence-electron chi connectivity index (χ4n) is 2.83. The fraction of sp³-hybridized carbons (Fsp3) is 0.333. The number of benzene rings is 1. The number of likely N-dealkylation sites (N-methyl/N-ethyl adjacent to an activating group) is 1. The number of furan rings is 1. The Bertz CT molecular complexity index is 1040. The van der Waals surface area contributed by atoms with Gasteiger partial charge in [-0.05, 0) is 26.0 Å². The van der Waals surface area contributed by atoms with E-state index in [0.29, 0.717) is 30.0 Å². The number of nitrogens with one attached hydrogen (secondary N) is 3.